The molecule has 0 bridgehead atoms. The summed E-state index contributed by atoms with van der Waals surface area (Å²) in [4.78, 5) is 2.39. The van der Waals surface area contributed by atoms with Crippen LogP contribution < -0.4 is 4.90 Å². The summed E-state index contributed by atoms with van der Waals surface area (Å²) in [5, 5.41) is 7.62. The number of hydrogen-bond acceptors (Lipinski definition) is 1. The molecule has 0 saturated heterocycles. The minimum atomic E-state index is 1.16. The molecule has 1 aromatic heterocycles. The normalized spacial score (nSPS) is 12.0. The van der Waals surface area contributed by atoms with Crippen molar-refractivity contribution in [1.29, 1.82) is 0 Å². The summed E-state index contributed by atoms with van der Waals surface area (Å²) >= 11 is 0. The number of fused-ring (bicyclic) bond motifs is 9. The molecule has 9 aromatic rings. The zero-order valence-corrected chi connectivity index (χ0v) is 26.9. The van der Waals surface area contributed by atoms with Crippen molar-refractivity contribution in [2.24, 2.45) is 0 Å². The highest BCUT2D eigenvalue weighted by atomic mass is 15.1. The maximum absolute atomic E-state index is 2.40. The summed E-state index contributed by atoms with van der Waals surface area (Å²) in [6.45, 7) is 4.36. The first-order chi connectivity index (χ1) is 23.6. The standard InChI is InChI=1S/C46H32N2/c1-29-16-17-30(2)46(22-29)47(35-10-4-3-5-11-35)36-20-18-31-25-40-41-26-32-19-21-37(24-34(32)28-43(41)42(40)27-33(31)23-36)48-44-14-8-6-12-38(44)39-13-7-9-15-45(39)48/h3-28H,1-2H3. The van der Waals surface area contributed by atoms with Crippen LogP contribution in [0.25, 0.3) is 71.3 Å². The van der Waals surface area contributed by atoms with Crippen LogP contribution in [0.1, 0.15) is 11.1 Å². The fraction of sp³-hybridized carbons (Fsp3) is 0.0435. The van der Waals surface area contributed by atoms with E-state index in [-0.39, 0.29) is 0 Å². The third-order valence-corrected chi connectivity index (χ3v) is 10.2. The summed E-state index contributed by atoms with van der Waals surface area (Å²) < 4.78 is 2.40. The molecule has 8 aromatic carbocycles. The van der Waals surface area contributed by atoms with Crippen LogP contribution in [0.2, 0.25) is 0 Å². The van der Waals surface area contributed by atoms with Crippen molar-refractivity contribution in [3.63, 3.8) is 0 Å². The second kappa shape index (κ2) is 10.2. The first kappa shape index (κ1) is 27.0. The van der Waals surface area contributed by atoms with E-state index in [0.29, 0.717) is 0 Å². The van der Waals surface area contributed by atoms with Crippen LogP contribution >= 0.6 is 0 Å². The molecule has 1 aliphatic rings. The predicted octanol–water partition coefficient (Wildman–Crippen LogP) is 12.8. The lowest BCUT2D eigenvalue weighted by atomic mass is 9.78. The third kappa shape index (κ3) is 3.99. The Kier molecular flexibility index (Phi) is 5.74. The number of benzene rings is 8. The van der Waals surface area contributed by atoms with Crippen LogP contribution in [0, 0.1) is 13.8 Å². The Labute approximate surface area is 279 Å². The average Bonchev–Trinajstić information content (AvgIpc) is 3.46. The fourth-order valence-corrected chi connectivity index (χ4v) is 7.84. The van der Waals surface area contributed by atoms with Gasteiger partial charge in [-0.05, 0) is 148 Å². The molecule has 2 nitrogen and oxygen atoms in total. The van der Waals surface area contributed by atoms with E-state index in [4.69, 9.17) is 0 Å². The molecule has 1 aliphatic carbocycles. The van der Waals surface area contributed by atoms with Crippen molar-refractivity contribution < 1.29 is 0 Å². The van der Waals surface area contributed by atoms with Gasteiger partial charge in [-0.15, -0.1) is 0 Å². The smallest absolute Gasteiger partial charge is 0.0541 e. The number of anilines is 3. The number of para-hydroxylation sites is 3. The second-order valence-corrected chi connectivity index (χ2v) is 13.2. The first-order valence-corrected chi connectivity index (χ1v) is 16.7. The van der Waals surface area contributed by atoms with Gasteiger partial charge in [-0.25, -0.2) is 0 Å². The van der Waals surface area contributed by atoms with E-state index in [1.165, 1.54) is 88.1 Å². The lowest BCUT2D eigenvalue weighted by Crippen LogP contribution is -2.11. The first-order valence-electron chi connectivity index (χ1n) is 16.7. The maximum atomic E-state index is 2.40. The van der Waals surface area contributed by atoms with E-state index in [2.05, 4.69) is 181 Å². The van der Waals surface area contributed by atoms with Gasteiger partial charge in [0, 0.05) is 33.5 Å². The van der Waals surface area contributed by atoms with Crippen LogP contribution in [0.5, 0.6) is 0 Å². The Balaban J connectivity index is 1.10. The third-order valence-electron chi connectivity index (χ3n) is 10.2. The molecule has 0 radical (unpaired) electrons. The van der Waals surface area contributed by atoms with Gasteiger partial charge in [0.2, 0.25) is 0 Å². The van der Waals surface area contributed by atoms with Crippen LogP contribution in [0.3, 0.4) is 0 Å². The lowest BCUT2D eigenvalue weighted by molar-refractivity contribution is 1.19. The Bertz CT molecular complexity index is 2700. The lowest BCUT2D eigenvalue weighted by Gasteiger charge is -2.29. The fourth-order valence-electron chi connectivity index (χ4n) is 7.84. The summed E-state index contributed by atoms with van der Waals surface area (Å²) in [5.74, 6) is 0. The van der Waals surface area contributed by atoms with Gasteiger partial charge in [0.15, 0.2) is 0 Å². The molecule has 226 valence electrons. The Hall–Kier alpha value is -6.12. The number of hydrogen-bond donors (Lipinski definition) is 0. The number of aryl methyl sites for hydroxylation is 2. The molecule has 0 saturated carbocycles. The molecular formula is C46H32N2. The van der Waals surface area contributed by atoms with Gasteiger partial charge < -0.3 is 9.47 Å². The van der Waals surface area contributed by atoms with E-state index in [0.717, 1.165) is 11.4 Å². The molecule has 0 N–H and O–H groups in total. The van der Waals surface area contributed by atoms with Gasteiger partial charge in [0.1, 0.15) is 0 Å². The highest BCUT2D eigenvalue weighted by Crippen LogP contribution is 2.51. The molecule has 0 spiro atoms. The summed E-state index contributed by atoms with van der Waals surface area (Å²) in [5.41, 5.74) is 15.0. The van der Waals surface area contributed by atoms with Gasteiger partial charge in [-0.2, -0.15) is 0 Å². The van der Waals surface area contributed by atoms with Crippen LogP contribution in [-0.2, 0) is 0 Å². The summed E-state index contributed by atoms with van der Waals surface area (Å²) in [6.07, 6.45) is 0. The Morgan fingerprint density at radius 2 is 0.979 bits per heavy atom. The molecule has 0 amide bonds. The van der Waals surface area contributed by atoms with E-state index < -0.39 is 0 Å². The van der Waals surface area contributed by atoms with Crippen LogP contribution in [0.15, 0.2) is 158 Å². The monoisotopic (exact) mass is 612 g/mol. The molecule has 0 fully saturated rings. The van der Waals surface area contributed by atoms with Gasteiger partial charge in [0.25, 0.3) is 0 Å². The quantitative estimate of drug-likeness (QED) is 0.192. The van der Waals surface area contributed by atoms with Gasteiger partial charge in [-0.3, -0.25) is 0 Å². The second-order valence-electron chi connectivity index (χ2n) is 13.2. The van der Waals surface area contributed by atoms with Gasteiger partial charge in [0.05, 0.1) is 11.0 Å². The van der Waals surface area contributed by atoms with E-state index in [1.807, 2.05) is 0 Å². The zero-order chi connectivity index (χ0) is 31.9. The maximum Gasteiger partial charge on any atom is 0.0541 e. The Morgan fingerprint density at radius 1 is 0.417 bits per heavy atom. The molecule has 0 aliphatic heterocycles. The van der Waals surface area contributed by atoms with E-state index in [9.17, 15) is 0 Å². The van der Waals surface area contributed by atoms with Crippen LogP contribution in [-0.4, -0.2) is 4.57 Å². The van der Waals surface area contributed by atoms with Gasteiger partial charge in [-0.1, -0.05) is 78.9 Å². The largest absolute Gasteiger partial charge is 0.310 e. The zero-order valence-electron chi connectivity index (χ0n) is 26.9. The molecule has 10 rings (SSSR count). The van der Waals surface area contributed by atoms with Crippen molar-refractivity contribution in [2.75, 3.05) is 4.90 Å². The minimum absolute atomic E-state index is 1.16. The van der Waals surface area contributed by atoms with Crippen LogP contribution in [0.4, 0.5) is 17.1 Å². The average molecular weight is 613 g/mol. The van der Waals surface area contributed by atoms with Crippen molar-refractivity contribution in [1.82, 2.24) is 4.57 Å². The SMILES string of the molecule is Cc1ccc(C)c(N(c2ccccc2)c2ccc3cc4c(cc3c2)-c2cc3cc(-n5c6ccccc6c6ccccc65)ccc3cc2-4)c1. The molecule has 0 unspecified atom stereocenters. The molecule has 2 heteroatoms. The predicted molar refractivity (Wildman–Crippen MR) is 204 cm³/mol. The van der Waals surface area contributed by atoms with E-state index >= 15 is 0 Å². The highest BCUT2D eigenvalue weighted by molar-refractivity contribution is 6.13. The molecule has 1 heterocycles. The van der Waals surface area contributed by atoms with E-state index in [1.54, 1.807) is 0 Å². The summed E-state index contributed by atoms with van der Waals surface area (Å²) in [6, 6.07) is 58.2. The van der Waals surface area contributed by atoms with Crippen molar-refractivity contribution in [3.05, 3.63) is 169 Å². The topological polar surface area (TPSA) is 8.17 Å². The number of aromatic nitrogens is 1. The highest BCUT2D eigenvalue weighted by Gasteiger charge is 2.25. The molecular weight excluding hydrogens is 581 g/mol. The van der Waals surface area contributed by atoms with Crippen molar-refractivity contribution in [2.45, 2.75) is 13.8 Å². The van der Waals surface area contributed by atoms with Crippen molar-refractivity contribution >= 4 is 60.4 Å². The minimum Gasteiger partial charge on any atom is -0.310 e. The number of rotatable bonds is 4. The number of nitrogens with zero attached hydrogens (tertiary/aromatic N) is 2. The Morgan fingerprint density at radius 3 is 1.65 bits per heavy atom. The van der Waals surface area contributed by atoms with Crippen molar-refractivity contribution in [3.8, 4) is 27.9 Å². The molecule has 48 heavy (non-hydrogen) atoms. The molecule has 0 atom stereocenters. The summed E-state index contributed by atoms with van der Waals surface area (Å²) in [7, 11) is 0. The van der Waals surface area contributed by atoms with Gasteiger partial charge >= 0.3 is 0 Å².